The summed E-state index contributed by atoms with van der Waals surface area (Å²) in [6, 6.07) is 15.1. The Bertz CT molecular complexity index is 1040. The molecule has 2 heterocycles. The van der Waals surface area contributed by atoms with Gasteiger partial charge in [0, 0.05) is 6.54 Å². The number of fused-ring (bicyclic) bond motifs is 2. The average Bonchev–Trinajstić information content (AvgIpc) is 3.07. The summed E-state index contributed by atoms with van der Waals surface area (Å²) in [6.45, 7) is 4.74. The molecule has 2 amide bonds. The molecule has 28 heavy (non-hydrogen) atoms. The van der Waals surface area contributed by atoms with Gasteiger partial charge in [0.05, 0.1) is 23.3 Å². The molecule has 0 aliphatic carbocycles. The van der Waals surface area contributed by atoms with E-state index in [0.29, 0.717) is 18.0 Å². The summed E-state index contributed by atoms with van der Waals surface area (Å²) in [5.41, 5.74) is 2.56. The molecule has 1 atom stereocenters. The number of hydrogen-bond donors (Lipinski definition) is 1. The first kappa shape index (κ1) is 18.0. The molecule has 1 aliphatic rings. The highest BCUT2D eigenvalue weighted by molar-refractivity contribution is 6.03. The Hall–Kier alpha value is -3.35. The summed E-state index contributed by atoms with van der Waals surface area (Å²) in [5, 5.41) is 2.89. The summed E-state index contributed by atoms with van der Waals surface area (Å²) in [5.74, 6) is 0.927. The molecular formula is C21H22N4O3. The predicted octanol–water partition coefficient (Wildman–Crippen LogP) is 2.49. The molecule has 0 saturated heterocycles. The summed E-state index contributed by atoms with van der Waals surface area (Å²) >= 11 is 0. The second-order valence-electron chi connectivity index (χ2n) is 6.69. The SMILES string of the molecule is CCn1c(CNC(=O)CN2C(=O)C(C)Oc3ccccc32)nc2ccccc21. The molecule has 2 aromatic carbocycles. The quantitative estimate of drug-likeness (QED) is 0.740. The monoisotopic (exact) mass is 378 g/mol. The van der Waals surface area contributed by atoms with E-state index in [1.807, 2.05) is 43.3 Å². The van der Waals surface area contributed by atoms with Gasteiger partial charge in [0.25, 0.3) is 5.91 Å². The number of benzene rings is 2. The molecule has 7 nitrogen and oxygen atoms in total. The van der Waals surface area contributed by atoms with Crippen molar-refractivity contribution in [1.29, 1.82) is 0 Å². The van der Waals surface area contributed by atoms with Crippen LogP contribution in [0.25, 0.3) is 11.0 Å². The van der Waals surface area contributed by atoms with E-state index in [0.717, 1.165) is 23.4 Å². The van der Waals surface area contributed by atoms with Gasteiger partial charge >= 0.3 is 0 Å². The Balaban J connectivity index is 1.49. The number of hydrogen-bond acceptors (Lipinski definition) is 4. The highest BCUT2D eigenvalue weighted by Crippen LogP contribution is 2.33. The van der Waals surface area contributed by atoms with Gasteiger partial charge < -0.3 is 14.6 Å². The fourth-order valence-electron chi connectivity index (χ4n) is 3.51. The van der Waals surface area contributed by atoms with Crippen LogP contribution in [0.5, 0.6) is 5.75 Å². The first-order valence-electron chi connectivity index (χ1n) is 9.36. The van der Waals surface area contributed by atoms with Crippen molar-refractivity contribution in [2.24, 2.45) is 0 Å². The lowest BCUT2D eigenvalue weighted by atomic mass is 10.2. The lowest BCUT2D eigenvalue weighted by Crippen LogP contribution is -2.48. The number of imidazole rings is 1. The van der Waals surface area contributed by atoms with Crippen molar-refractivity contribution in [2.75, 3.05) is 11.4 Å². The maximum Gasteiger partial charge on any atom is 0.268 e. The van der Waals surface area contributed by atoms with E-state index in [1.165, 1.54) is 4.90 Å². The molecule has 0 saturated carbocycles. The molecule has 0 spiro atoms. The van der Waals surface area contributed by atoms with Gasteiger partial charge in [0.1, 0.15) is 18.1 Å². The number of carbonyl (C=O) groups is 2. The first-order valence-corrected chi connectivity index (χ1v) is 9.36. The van der Waals surface area contributed by atoms with E-state index in [-0.39, 0.29) is 18.4 Å². The molecule has 1 N–H and O–H groups in total. The number of ether oxygens (including phenoxy) is 1. The standard InChI is InChI=1S/C21H22N4O3/c1-3-24-16-9-5-4-8-15(16)23-19(24)12-22-20(26)13-25-17-10-6-7-11-18(17)28-14(2)21(25)27/h4-11,14H,3,12-13H2,1-2H3,(H,22,26). The molecule has 1 aliphatic heterocycles. The fraction of sp³-hybridized carbons (Fsp3) is 0.286. The van der Waals surface area contributed by atoms with Crippen molar-refractivity contribution in [3.63, 3.8) is 0 Å². The number of nitrogens with one attached hydrogen (secondary N) is 1. The van der Waals surface area contributed by atoms with Crippen LogP contribution in [0.15, 0.2) is 48.5 Å². The zero-order valence-corrected chi connectivity index (χ0v) is 15.9. The number of carbonyl (C=O) groups excluding carboxylic acids is 2. The summed E-state index contributed by atoms with van der Waals surface area (Å²) in [7, 11) is 0. The third kappa shape index (κ3) is 3.19. The lowest BCUT2D eigenvalue weighted by Gasteiger charge is -2.32. The van der Waals surface area contributed by atoms with Crippen LogP contribution < -0.4 is 15.0 Å². The van der Waals surface area contributed by atoms with Gasteiger partial charge in [-0.25, -0.2) is 4.98 Å². The van der Waals surface area contributed by atoms with Crippen LogP contribution in [0, 0.1) is 0 Å². The summed E-state index contributed by atoms with van der Waals surface area (Å²) < 4.78 is 7.69. The van der Waals surface area contributed by atoms with Gasteiger partial charge in [-0.3, -0.25) is 14.5 Å². The van der Waals surface area contributed by atoms with Crippen LogP contribution in [0.1, 0.15) is 19.7 Å². The van der Waals surface area contributed by atoms with Crippen molar-refractivity contribution in [1.82, 2.24) is 14.9 Å². The maximum atomic E-state index is 12.6. The lowest BCUT2D eigenvalue weighted by molar-refractivity contribution is -0.128. The molecule has 4 rings (SSSR count). The zero-order valence-electron chi connectivity index (χ0n) is 15.9. The fourth-order valence-corrected chi connectivity index (χ4v) is 3.51. The zero-order chi connectivity index (χ0) is 19.7. The Morgan fingerprint density at radius 3 is 2.75 bits per heavy atom. The van der Waals surface area contributed by atoms with Crippen molar-refractivity contribution in [3.05, 3.63) is 54.4 Å². The van der Waals surface area contributed by atoms with Gasteiger partial charge in [0.2, 0.25) is 5.91 Å². The molecule has 144 valence electrons. The van der Waals surface area contributed by atoms with Crippen LogP contribution in [0.2, 0.25) is 0 Å². The molecule has 3 aromatic rings. The van der Waals surface area contributed by atoms with Crippen LogP contribution in [-0.4, -0.2) is 34.0 Å². The Morgan fingerprint density at radius 2 is 1.93 bits per heavy atom. The third-order valence-corrected chi connectivity index (χ3v) is 4.87. The van der Waals surface area contributed by atoms with E-state index in [4.69, 9.17) is 4.74 Å². The van der Waals surface area contributed by atoms with Crippen LogP contribution in [-0.2, 0) is 22.7 Å². The smallest absolute Gasteiger partial charge is 0.268 e. The van der Waals surface area contributed by atoms with Crippen LogP contribution in [0.4, 0.5) is 5.69 Å². The summed E-state index contributed by atoms with van der Waals surface area (Å²) in [4.78, 5) is 31.2. The Morgan fingerprint density at radius 1 is 1.18 bits per heavy atom. The highest BCUT2D eigenvalue weighted by atomic mass is 16.5. The van der Waals surface area contributed by atoms with Crippen LogP contribution >= 0.6 is 0 Å². The molecular weight excluding hydrogens is 356 g/mol. The van der Waals surface area contributed by atoms with E-state index >= 15 is 0 Å². The second kappa shape index (κ2) is 7.34. The number of aryl methyl sites for hydroxylation is 1. The second-order valence-corrected chi connectivity index (χ2v) is 6.69. The maximum absolute atomic E-state index is 12.6. The number of para-hydroxylation sites is 4. The number of anilines is 1. The molecule has 0 bridgehead atoms. The molecule has 1 aromatic heterocycles. The number of amides is 2. The topological polar surface area (TPSA) is 76.5 Å². The number of aromatic nitrogens is 2. The first-order chi connectivity index (χ1) is 13.6. The van der Waals surface area contributed by atoms with Crippen molar-refractivity contribution >= 4 is 28.5 Å². The molecule has 0 radical (unpaired) electrons. The Kier molecular flexibility index (Phi) is 4.73. The Labute approximate surface area is 162 Å². The van der Waals surface area contributed by atoms with E-state index in [1.54, 1.807) is 19.1 Å². The minimum atomic E-state index is -0.619. The van der Waals surface area contributed by atoms with Gasteiger partial charge in [-0.2, -0.15) is 0 Å². The minimum absolute atomic E-state index is 0.0596. The number of nitrogens with zero attached hydrogens (tertiary/aromatic N) is 3. The van der Waals surface area contributed by atoms with Gasteiger partial charge in [0.15, 0.2) is 6.10 Å². The van der Waals surface area contributed by atoms with Crippen molar-refractivity contribution < 1.29 is 14.3 Å². The predicted molar refractivity (Wildman–Crippen MR) is 106 cm³/mol. The van der Waals surface area contributed by atoms with Crippen molar-refractivity contribution in [2.45, 2.75) is 33.0 Å². The van der Waals surface area contributed by atoms with Crippen molar-refractivity contribution in [3.8, 4) is 5.75 Å². The average molecular weight is 378 g/mol. The normalized spacial score (nSPS) is 16.0. The van der Waals surface area contributed by atoms with E-state index in [9.17, 15) is 9.59 Å². The third-order valence-electron chi connectivity index (χ3n) is 4.87. The molecule has 0 fully saturated rings. The van der Waals surface area contributed by atoms with E-state index < -0.39 is 6.10 Å². The largest absolute Gasteiger partial charge is 0.479 e. The van der Waals surface area contributed by atoms with Crippen LogP contribution in [0.3, 0.4) is 0 Å². The van der Waals surface area contributed by atoms with E-state index in [2.05, 4.69) is 14.9 Å². The van der Waals surface area contributed by atoms with Gasteiger partial charge in [-0.1, -0.05) is 24.3 Å². The van der Waals surface area contributed by atoms with Gasteiger partial charge in [-0.05, 0) is 38.1 Å². The minimum Gasteiger partial charge on any atom is -0.479 e. The molecule has 7 heteroatoms. The molecule has 1 unspecified atom stereocenters. The number of rotatable bonds is 5. The van der Waals surface area contributed by atoms with Gasteiger partial charge in [-0.15, -0.1) is 0 Å². The summed E-state index contributed by atoms with van der Waals surface area (Å²) in [6.07, 6.45) is -0.619. The highest BCUT2D eigenvalue weighted by Gasteiger charge is 2.32.